The topological polar surface area (TPSA) is 84.3 Å². The lowest BCUT2D eigenvalue weighted by Gasteiger charge is -2.14. The van der Waals surface area contributed by atoms with Gasteiger partial charge < -0.3 is 5.32 Å². The highest BCUT2D eigenvalue weighted by Crippen LogP contribution is 2.23. The van der Waals surface area contributed by atoms with E-state index in [-0.39, 0.29) is 30.6 Å². The maximum atomic E-state index is 12.5. The molecule has 1 N–H and O–H groups in total. The van der Waals surface area contributed by atoms with Crippen molar-refractivity contribution in [3.63, 3.8) is 0 Å². The zero-order valence-corrected chi connectivity index (χ0v) is 15.0. The van der Waals surface area contributed by atoms with Gasteiger partial charge in [0.1, 0.15) is 0 Å². The molecular weight excluding hydrogens is 356 g/mol. The molecule has 1 aromatic heterocycles. The number of nitrogens with one attached hydrogen (secondary N) is 1. The number of hydrogen-bond acceptors (Lipinski definition) is 4. The summed E-state index contributed by atoms with van der Waals surface area (Å²) in [7, 11) is 0. The van der Waals surface area contributed by atoms with Crippen molar-refractivity contribution in [1.82, 2.24) is 9.78 Å². The summed E-state index contributed by atoms with van der Waals surface area (Å²) in [5, 5.41) is 7.05. The molecular formula is C21H18N4O3. The summed E-state index contributed by atoms with van der Waals surface area (Å²) in [6, 6.07) is 15.9. The number of carbonyl (C=O) groups is 3. The second-order valence-corrected chi connectivity index (χ2v) is 6.53. The van der Waals surface area contributed by atoms with E-state index in [0.717, 1.165) is 5.56 Å². The van der Waals surface area contributed by atoms with Crippen molar-refractivity contribution in [3.8, 4) is 0 Å². The number of imide groups is 1. The van der Waals surface area contributed by atoms with E-state index in [1.165, 1.54) is 4.90 Å². The molecule has 0 aliphatic carbocycles. The second kappa shape index (κ2) is 7.48. The maximum Gasteiger partial charge on any atom is 0.255 e. The van der Waals surface area contributed by atoms with Gasteiger partial charge in [0.15, 0.2) is 0 Å². The quantitative estimate of drug-likeness (QED) is 0.696. The van der Waals surface area contributed by atoms with Crippen molar-refractivity contribution in [2.75, 3.05) is 10.2 Å². The van der Waals surface area contributed by atoms with Crippen LogP contribution in [0, 0.1) is 0 Å². The van der Waals surface area contributed by atoms with Crippen LogP contribution in [0.2, 0.25) is 0 Å². The van der Waals surface area contributed by atoms with Gasteiger partial charge in [0.05, 0.1) is 12.2 Å². The van der Waals surface area contributed by atoms with Crippen LogP contribution in [-0.2, 0) is 16.1 Å². The van der Waals surface area contributed by atoms with Gasteiger partial charge in [-0.3, -0.25) is 24.0 Å². The fourth-order valence-corrected chi connectivity index (χ4v) is 3.16. The molecule has 0 bridgehead atoms. The van der Waals surface area contributed by atoms with Crippen LogP contribution in [0.25, 0.3) is 0 Å². The first-order chi connectivity index (χ1) is 13.6. The van der Waals surface area contributed by atoms with Gasteiger partial charge in [0.25, 0.3) is 5.91 Å². The van der Waals surface area contributed by atoms with Gasteiger partial charge in [-0.05, 0) is 48.0 Å². The maximum absolute atomic E-state index is 12.5. The Kier molecular flexibility index (Phi) is 4.72. The fraction of sp³-hybridized carbons (Fsp3) is 0.143. The van der Waals surface area contributed by atoms with Crippen LogP contribution in [0.5, 0.6) is 0 Å². The Bertz CT molecular complexity index is 1010. The molecule has 0 radical (unpaired) electrons. The minimum absolute atomic E-state index is 0.212. The summed E-state index contributed by atoms with van der Waals surface area (Å²) in [5.41, 5.74) is 2.64. The Balaban J connectivity index is 1.45. The molecule has 2 aromatic carbocycles. The van der Waals surface area contributed by atoms with Crippen LogP contribution in [0.3, 0.4) is 0 Å². The van der Waals surface area contributed by atoms with E-state index in [2.05, 4.69) is 10.4 Å². The standard InChI is InChI=1S/C21H18N4O3/c26-19-9-10-20(27)25(19)18-7-5-16(6-8-18)21(28)23-17-4-1-3-15(13-17)14-24-12-2-11-22-24/h1-8,11-13H,9-10,14H2,(H,23,28). The summed E-state index contributed by atoms with van der Waals surface area (Å²) >= 11 is 0. The molecule has 1 aliphatic rings. The molecule has 2 heterocycles. The van der Waals surface area contributed by atoms with Gasteiger partial charge in [0.2, 0.25) is 11.8 Å². The molecule has 0 saturated carbocycles. The lowest BCUT2D eigenvalue weighted by atomic mass is 10.1. The molecule has 3 amide bonds. The molecule has 0 spiro atoms. The summed E-state index contributed by atoms with van der Waals surface area (Å²) in [5.74, 6) is -0.686. The first-order valence-electron chi connectivity index (χ1n) is 8.94. The highest BCUT2D eigenvalue weighted by molar-refractivity contribution is 6.20. The molecule has 7 nitrogen and oxygen atoms in total. The van der Waals surface area contributed by atoms with Crippen LogP contribution < -0.4 is 10.2 Å². The Morgan fingerprint density at radius 3 is 2.43 bits per heavy atom. The average molecular weight is 374 g/mol. The number of nitrogens with zero attached hydrogens (tertiary/aromatic N) is 3. The smallest absolute Gasteiger partial charge is 0.255 e. The van der Waals surface area contributed by atoms with Crippen LogP contribution in [-0.4, -0.2) is 27.5 Å². The lowest BCUT2D eigenvalue weighted by Crippen LogP contribution is -2.28. The molecule has 28 heavy (non-hydrogen) atoms. The molecule has 0 atom stereocenters. The molecule has 1 aliphatic heterocycles. The SMILES string of the molecule is O=C(Nc1cccc(Cn2cccn2)c1)c1ccc(N2C(=O)CCC2=O)cc1. The van der Waals surface area contributed by atoms with E-state index in [9.17, 15) is 14.4 Å². The number of rotatable bonds is 5. The molecule has 1 fully saturated rings. The van der Waals surface area contributed by atoms with Gasteiger partial charge in [-0.2, -0.15) is 5.10 Å². The van der Waals surface area contributed by atoms with Gasteiger partial charge in [-0.1, -0.05) is 12.1 Å². The van der Waals surface area contributed by atoms with Crippen molar-refractivity contribution >= 4 is 29.1 Å². The van der Waals surface area contributed by atoms with E-state index in [0.29, 0.717) is 23.5 Å². The summed E-state index contributed by atoms with van der Waals surface area (Å²) < 4.78 is 1.81. The van der Waals surface area contributed by atoms with Gasteiger partial charge in [0, 0.05) is 36.5 Å². The highest BCUT2D eigenvalue weighted by atomic mass is 16.2. The third-order valence-electron chi connectivity index (χ3n) is 4.53. The number of hydrogen-bond donors (Lipinski definition) is 1. The van der Waals surface area contributed by atoms with Gasteiger partial charge >= 0.3 is 0 Å². The number of benzene rings is 2. The molecule has 4 rings (SSSR count). The third kappa shape index (κ3) is 3.68. The van der Waals surface area contributed by atoms with Crippen molar-refractivity contribution in [3.05, 3.63) is 78.1 Å². The lowest BCUT2D eigenvalue weighted by molar-refractivity contribution is -0.121. The van der Waals surface area contributed by atoms with Crippen molar-refractivity contribution in [1.29, 1.82) is 0 Å². The molecule has 3 aromatic rings. The molecule has 140 valence electrons. The monoisotopic (exact) mass is 374 g/mol. The van der Waals surface area contributed by atoms with Crippen LogP contribution in [0.4, 0.5) is 11.4 Å². The Hall–Kier alpha value is -3.74. The van der Waals surface area contributed by atoms with Crippen molar-refractivity contribution < 1.29 is 14.4 Å². The predicted molar refractivity (Wildman–Crippen MR) is 104 cm³/mol. The fourth-order valence-electron chi connectivity index (χ4n) is 3.16. The van der Waals surface area contributed by atoms with Crippen LogP contribution in [0.1, 0.15) is 28.8 Å². The third-order valence-corrected chi connectivity index (χ3v) is 4.53. The van der Waals surface area contributed by atoms with E-state index in [1.807, 2.05) is 36.5 Å². The largest absolute Gasteiger partial charge is 0.322 e. The second-order valence-electron chi connectivity index (χ2n) is 6.53. The number of amides is 3. The van der Waals surface area contributed by atoms with E-state index < -0.39 is 0 Å². The van der Waals surface area contributed by atoms with Crippen molar-refractivity contribution in [2.24, 2.45) is 0 Å². The average Bonchev–Trinajstić information content (AvgIpc) is 3.32. The number of anilines is 2. The Labute approximate surface area is 161 Å². The zero-order chi connectivity index (χ0) is 19.5. The zero-order valence-electron chi connectivity index (χ0n) is 15.0. The number of aromatic nitrogens is 2. The van der Waals surface area contributed by atoms with Crippen molar-refractivity contribution in [2.45, 2.75) is 19.4 Å². The Morgan fingerprint density at radius 1 is 1.00 bits per heavy atom. The van der Waals surface area contributed by atoms with E-state index >= 15 is 0 Å². The minimum Gasteiger partial charge on any atom is -0.322 e. The van der Waals surface area contributed by atoms with Gasteiger partial charge in [-0.25, -0.2) is 0 Å². The summed E-state index contributed by atoms with van der Waals surface area (Å²) in [6.45, 7) is 0.614. The molecule has 0 unspecified atom stereocenters. The summed E-state index contributed by atoms with van der Waals surface area (Å²) in [4.78, 5) is 37.3. The minimum atomic E-state index is -0.262. The predicted octanol–water partition coefficient (Wildman–Crippen LogP) is 2.84. The van der Waals surface area contributed by atoms with Gasteiger partial charge in [-0.15, -0.1) is 0 Å². The normalized spacial score (nSPS) is 13.8. The Morgan fingerprint density at radius 2 is 1.75 bits per heavy atom. The number of carbonyl (C=O) groups excluding carboxylic acids is 3. The van der Waals surface area contributed by atoms with E-state index in [4.69, 9.17) is 0 Å². The highest BCUT2D eigenvalue weighted by Gasteiger charge is 2.30. The molecule has 1 saturated heterocycles. The first-order valence-corrected chi connectivity index (χ1v) is 8.94. The van der Waals surface area contributed by atoms with Crippen LogP contribution >= 0.6 is 0 Å². The van der Waals surface area contributed by atoms with E-state index in [1.54, 1.807) is 35.1 Å². The first kappa shape index (κ1) is 17.7. The summed E-state index contributed by atoms with van der Waals surface area (Å²) in [6.07, 6.45) is 4.06. The molecule has 7 heteroatoms. The van der Waals surface area contributed by atoms with Crippen LogP contribution in [0.15, 0.2) is 67.0 Å².